The van der Waals surface area contributed by atoms with E-state index in [1.165, 1.54) is 4.31 Å². The van der Waals surface area contributed by atoms with E-state index in [1.54, 1.807) is 24.3 Å². The number of carbonyl (C=O) groups is 1. The third-order valence-electron chi connectivity index (χ3n) is 5.29. The first-order chi connectivity index (χ1) is 14.2. The van der Waals surface area contributed by atoms with E-state index < -0.39 is 10.0 Å². The molecule has 1 aliphatic rings. The summed E-state index contributed by atoms with van der Waals surface area (Å²) in [5.41, 5.74) is 1.07. The first-order valence-electron chi connectivity index (χ1n) is 10.2. The number of nitrogens with zero attached hydrogens (tertiary/aromatic N) is 1. The second-order valence-electron chi connectivity index (χ2n) is 8.62. The summed E-state index contributed by atoms with van der Waals surface area (Å²) >= 11 is 0. The number of ether oxygens (including phenoxy) is 1. The molecule has 1 fully saturated rings. The molecule has 0 saturated carbocycles. The summed E-state index contributed by atoms with van der Waals surface area (Å²) in [6.45, 7) is 7.01. The Morgan fingerprint density at radius 3 is 2.20 bits per heavy atom. The van der Waals surface area contributed by atoms with Crippen LogP contribution in [0, 0.1) is 0 Å². The van der Waals surface area contributed by atoms with Crippen LogP contribution in [0.3, 0.4) is 0 Å². The van der Waals surface area contributed by atoms with Crippen molar-refractivity contribution in [2.75, 3.05) is 19.7 Å². The Kier molecular flexibility index (Phi) is 6.83. The van der Waals surface area contributed by atoms with Gasteiger partial charge in [-0.25, -0.2) is 8.42 Å². The average molecular weight is 431 g/mol. The monoisotopic (exact) mass is 430 g/mol. The highest BCUT2D eigenvalue weighted by Gasteiger charge is 2.30. The third-order valence-corrected chi connectivity index (χ3v) is 7.20. The third kappa shape index (κ3) is 5.61. The SMILES string of the molecule is CC(C)(C)c1ccc(S(=O)(=O)N2CCC(NC(=O)COc3ccccc3)CC2)cc1. The first-order valence-corrected chi connectivity index (χ1v) is 11.7. The van der Waals surface area contributed by atoms with Crippen molar-refractivity contribution in [2.45, 2.75) is 50.0 Å². The van der Waals surface area contributed by atoms with Crippen molar-refractivity contribution in [2.24, 2.45) is 0 Å². The second-order valence-corrected chi connectivity index (χ2v) is 10.6. The van der Waals surface area contributed by atoms with Gasteiger partial charge in [-0.1, -0.05) is 51.1 Å². The maximum absolute atomic E-state index is 13.0. The number of rotatable bonds is 6. The van der Waals surface area contributed by atoms with Gasteiger partial charge in [-0.3, -0.25) is 4.79 Å². The normalized spacial score (nSPS) is 16.2. The highest BCUT2D eigenvalue weighted by Crippen LogP contribution is 2.26. The van der Waals surface area contributed by atoms with Crippen LogP contribution in [0.15, 0.2) is 59.5 Å². The number of hydrogen-bond donors (Lipinski definition) is 1. The second kappa shape index (κ2) is 9.18. The maximum Gasteiger partial charge on any atom is 0.258 e. The van der Waals surface area contributed by atoms with E-state index in [0.717, 1.165) is 5.56 Å². The van der Waals surface area contributed by atoms with Crippen molar-refractivity contribution in [3.8, 4) is 5.75 Å². The summed E-state index contributed by atoms with van der Waals surface area (Å²) in [5, 5.41) is 2.94. The van der Waals surface area contributed by atoms with Crippen LogP contribution in [-0.2, 0) is 20.2 Å². The predicted octanol–water partition coefficient (Wildman–Crippen LogP) is 3.33. The molecule has 1 saturated heterocycles. The number of para-hydroxylation sites is 1. The summed E-state index contributed by atoms with van der Waals surface area (Å²) in [6.07, 6.45) is 1.16. The van der Waals surface area contributed by atoms with E-state index >= 15 is 0 Å². The van der Waals surface area contributed by atoms with E-state index in [9.17, 15) is 13.2 Å². The lowest BCUT2D eigenvalue weighted by Gasteiger charge is -2.31. The first kappa shape index (κ1) is 22.3. The molecule has 2 aromatic rings. The van der Waals surface area contributed by atoms with Crippen molar-refractivity contribution < 1.29 is 17.9 Å². The quantitative estimate of drug-likeness (QED) is 0.763. The van der Waals surface area contributed by atoms with Crippen LogP contribution >= 0.6 is 0 Å². The molecular formula is C23H30N2O4S. The van der Waals surface area contributed by atoms with Gasteiger partial charge in [0.25, 0.3) is 5.91 Å². The van der Waals surface area contributed by atoms with Crippen molar-refractivity contribution in [1.82, 2.24) is 9.62 Å². The molecule has 30 heavy (non-hydrogen) atoms. The molecule has 0 radical (unpaired) electrons. The Hall–Kier alpha value is -2.38. The maximum atomic E-state index is 13.0. The van der Waals surface area contributed by atoms with E-state index in [1.807, 2.05) is 30.3 Å². The smallest absolute Gasteiger partial charge is 0.258 e. The number of nitrogens with one attached hydrogen (secondary N) is 1. The minimum absolute atomic E-state index is 0.0247. The minimum Gasteiger partial charge on any atom is -0.484 e. The summed E-state index contributed by atoms with van der Waals surface area (Å²) in [4.78, 5) is 12.4. The zero-order chi connectivity index (χ0) is 21.8. The Bertz CT molecular complexity index is 943. The summed E-state index contributed by atoms with van der Waals surface area (Å²) in [5.74, 6) is 0.448. The van der Waals surface area contributed by atoms with Crippen LogP contribution in [0.2, 0.25) is 0 Å². The largest absolute Gasteiger partial charge is 0.484 e. The van der Waals surface area contributed by atoms with Gasteiger partial charge in [-0.2, -0.15) is 4.31 Å². The van der Waals surface area contributed by atoms with Gasteiger partial charge in [0, 0.05) is 19.1 Å². The number of hydrogen-bond acceptors (Lipinski definition) is 4. The van der Waals surface area contributed by atoms with Gasteiger partial charge < -0.3 is 10.1 Å². The van der Waals surface area contributed by atoms with Crippen LogP contribution in [-0.4, -0.2) is 44.4 Å². The van der Waals surface area contributed by atoms with Gasteiger partial charge in [-0.15, -0.1) is 0 Å². The molecule has 1 aliphatic heterocycles. The van der Waals surface area contributed by atoms with Crippen molar-refractivity contribution >= 4 is 15.9 Å². The molecule has 0 aromatic heterocycles. The molecule has 0 aliphatic carbocycles. The molecular weight excluding hydrogens is 400 g/mol. The molecule has 1 N–H and O–H groups in total. The Labute approximate surface area is 179 Å². The van der Waals surface area contributed by atoms with E-state index in [4.69, 9.17) is 4.74 Å². The Morgan fingerprint density at radius 1 is 1.03 bits per heavy atom. The molecule has 0 atom stereocenters. The molecule has 162 valence electrons. The van der Waals surface area contributed by atoms with Crippen molar-refractivity contribution in [3.05, 3.63) is 60.2 Å². The van der Waals surface area contributed by atoms with Crippen molar-refractivity contribution in [3.63, 3.8) is 0 Å². The van der Waals surface area contributed by atoms with Gasteiger partial charge in [-0.05, 0) is 48.1 Å². The van der Waals surface area contributed by atoms with Crippen LogP contribution in [0.1, 0.15) is 39.2 Å². The standard InChI is InChI=1S/C23H30N2O4S/c1-23(2,3)18-9-11-21(12-10-18)30(27,28)25-15-13-19(14-16-25)24-22(26)17-29-20-7-5-4-6-8-20/h4-12,19H,13-17H2,1-3H3,(H,24,26). The lowest BCUT2D eigenvalue weighted by Crippen LogP contribution is -2.47. The molecule has 0 bridgehead atoms. The molecule has 3 rings (SSSR count). The fraction of sp³-hybridized carbons (Fsp3) is 0.435. The fourth-order valence-corrected chi connectivity index (χ4v) is 4.92. The van der Waals surface area contributed by atoms with Gasteiger partial charge in [0.15, 0.2) is 6.61 Å². The lowest BCUT2D eigenvalue weighted by molar-refractivity contribution is -0.124. The highest BCUT2D eigenvalue weighted by atomic mass is 32.2. The van der Waals surface area contributed by atoms with Gasteiger partial charge in [0.05, 0.1) is 4.90 Å². The Balaban J connectivity index is 1.51. The molecule has 6 nitrogen and oxygen atoms in total. The van der Waals surface area contributed by atoms with Crippen LogP contribution in [0.5, 0.6) is 5.75 Å². The molecule has 7 heteroatoms. The molecule has 1 heterocycles. The van der Waals surface area contributed by atoms with Gasteiger partial charge >= 0.3 is 0 Å². The fourth-order valence-electron chi connectivity index (χ4n) is 3.45. The van der Waals surface area contributed by atoms with Crippen LogP contribution < -0.4 is 10.1 Å². The van der Waals surface area contributed by atoms with Crippen LogP contribution in [0.4, 0.5) is 0 Å². The van der Waals surface area contributed by atoms with E-state index in [0.29, 0.717) is 36.6 Å². The van der Waals surface area contributed by atoms with E-state index in [2.05, 4.69) is 26.1 Å². The zero-order valence-electron chi connectivity index (χ0n) is 17.8. The van der Waals surface area contributed by atoms with Crippen molar-refractivity contribution in [1.29, 1.82) is 0 Å². The van der Waals surface area contributed by atoms with E-state index in [-0.39, 0.29) is 24.0 Å². The summed E-state index contributed by atoms with van der Waals surface area (Å²) in [6, 6.07) is 16.3. The topological polar surface area (TPSA) is 75.7 Å². The zero-order valence-corrected chi connectivity index (χ0v) is 18.6. The van der Waals surface area contributed by atoms with Crippen LogP contribution in [0.25, 0.3) is 0 Å². The lowest BCUT2D eigenvalue weighted by atomic mass is 9.87. The number of sulfonamides is 1. The molecule has 2 aromatic carbocycles. The predicted molar refractivity (Wildman–Crippen MR) is 117 cm³/mol. The summed E-state index contributed by atoms with van der Waals surface area (Å²) < 4.78 is 32.9. The summed E-state index contributed by atoms with van der Waals surface area (Å²) in [7, 11) is -3.53. The van der Waals surface area contributed by atoms with Gasteiger partial charge in [0.1, 0.15) is 5.75 Å². The number of piperidine rings is 1. The average Bonchev–Trinajstić information content (AvgIpc) is 2.73. The number of amides is 1. The molecule has 1 amide bonds. The molecule has 0 unspecified atom stereocenters. The highest BCUT2D eigenvalue weighted by molar-refractivity contribution is 7.89. The number of carbonyl (C=O) groups excluding carboxylic acids is 1. The Morgan fingerprint density at radius 2 is 1.63 bits per heavy atom. The number of benzene rings is 2. The minimum atomic E-state index is -3.53. The van der Waals surface area contributed by atoms with Gasteiger partial charge in [0.2, 0.25) is 10.0 Å². The molecule has 0 spiro atoms.